The molecule has 160 valence electrons. The fraction of sp³-hybridized carbons (Fsp3) is 0.556. The van der Waals surface area contributed by atoms with Crippen LogP contribution in [0.5, 0.6) is 0 Å². The Morgan fingerprint density at radius 2 is 1.90 bits per heavy atom. The van der Waals surface area contributed by atoms with Crippen LogP contribution in [0.3, 0.4) is 0 Å². The molecule has 8 nitrogen and oxygen atoms in total. The first kappa shape index (κ1) is 22.4. The Kier molecular flexibility index (Phi) is 7.40. The first-order valence-corrected chi connectivity index (χ1v) is 9.17. The number of amides is 3. The quantitative estimate of drug-likeness (QED) is 0.708. The van der Waals surface area contributed by atoms with Crippen LogP contribution in [0.25, 0.3) is 0 Å². The molecule has 0 aromatic carbocycles. The number of carbonyl (C=O) groups excluding carboxylic acids is 3. The molecule has 0 spiro atoms. The minimum absolute atomic E-state index is 0.141. The summed E-state index contributed by atoms with van der Waals surface area (Å²) in [5, 5.41) is 4.53. The van der Waals surface area contributed by atoms with E-state index < -0.39 is 42.2 Å². The third kappa shape index (κ3) is 6.91. The Morgan fingerprint density at radius 1 is 1.24 bits per heavy atom. The maximum Gasteiger partial charge on any atom is 0.419 e. The fourth-order valence-electron chi connectivity index (χ4n) is 2.86. The van der Waals surface area contributed by atoms with Crippen molar-refractivity contribution in [3.05, 3.63) is 23.9 Å². The van der Waals surface area contributed by atoms with Crippen molar-refractivity contribution in [2.45, 2.75) is 38.9 Å². The summed E-state index contributed by atoms with van der Waals surface area (Å²) in [5.41, 5.74) is -0.764. The van der Waals surface area contributed by atoms with Crippen LogP contribution in [-0.2, 0) is 20.5 Å². The van der Waals surface area contributed by atoms with E-state index in [-0.39, 0.29) is 6.04 Å². The molecule has 1 aromatic heterocycles. The molecule has 3 amide bonds. The lowest BCUT2D eigenvalue weighted by atomic mass is 9.97. The van der Waals surface area contributed by atoms with Gasteiger partial charge in [-0.1, -0.05) is 0 Å². The van der Waals surface area contributed by atoms with Crippen LogP contribution in [0.1, 0.15) is 32.3 Å². The summed E-state index contributed by atoms with van der Waals surface area (Å²) in [7, 11) is 0. The van der Waals surface area contributed by atoms with Crippen molar-refractivity contribution in [2.24, 2.45) is 5.92 Å². The van der Waals surface area contributed by atoms with Gasteiger partial charge in [0.2, 0.25) is 0 Å². The number of hydrogen-bond donors (Lipinski definition) is 2. The van der Waals surface area contributed by atoms with E-state index in [1.165, 1.54) is 6.07 Å². The van der Waals surface area contributed by atoms with Crippen molar-refractivity contribution in [1.29, 1.82) is 0 Å². The molecule has 0 radical (unpaired) electrons. The van der Waals surface area contributed by atoms with E-state index in [1.807, 2.05) is 4.90 Å². The van der Waals surface area contributed by atoms with E-state index in [1.54, 1.807) is 13.8 Å². The van der Waals surface area contributed by atoms with Crippen molar-refractivity contribution < 1.29 is 37.3 Å². The molecule has 1 saturated heterocycles. The maximum atomic E-state index is 12.6. The van der Waals surface area contributed by atoms with Crippen molar-refractivity contribution >= 4 is 23.7 Å². The van der Waals surface area contributed by atoms with Gasteiger partial charge in [-0.3, -0.25) is 19.8 Å². The molecule has 1 aliphatic heterocycles. The van der Waals surface area contributed by atoms with Crippen molar-refractivity contribution in [2.75, 3.05) is 24.6 Å². The molecule has 1 fully saturated rings. The van der Waals surface area contributed by atoms with Crippen LogP contribution >= 0.6 is 0 Å². The number of aromatic nitrogens is 1. The molecule has 0 bridgehead atoms. The highest BCUT2D eigenvalue weighted by Crippen LogP contribution is 2.29. The monoisotopic (exact) mass is 417 g/mol. The molecule has 1 aromatic rings. The summed E-state index contributed by atoms with van der Waals surface area (Å²) >= 11 is 0. The molecule has 2 heterocycles. The second kappa shape index (κ2) is 9.57. The molecule has 1 aliphatic rings. The van der Waals surface area contributed by atoms with Crippen molar-refractivity contribution in [1.82, 2.24) is 10.6 Å². The van der Waals surface area contributed by atoms with Gasteiger partial charge in [-0.25, -0.2) is 9.78 Å². The Bertz CT molecular complexity index is 730. The van der Waals surface area contributed by atoms with Gasteiger partial charge in [0.15, 0.2) is 6.61 Å². The number of aromatic amines is 1. The lowest BCUT2D eigenvalue weighted by Gasteiger charge is -2.26. The molecule has 29 heavy (non-hydrogen) atoms. The predicted octanol–water partition coefficient (Wildman–Crippen LogP) is 1.51. The van der Waals surface area contributed by atoms with Crippen LogP contribution in [0.4, 0.5) is 23.8 Å². The number of H-pyrrole nitrogens is 1. The largest absolute Gasteiger partial charge is 0.455 e. The molecule has 0 aliphatic carbocycles. The highest BCUT2D eigenvalue weighted by molar-refractivity contribution is 5.95. The molecular formula is C18H24F3N4O4+. The SMILES string of the molecule is CC(C)NC(=O)NC(=O)COC(=O)C1CCN(c2ccc(C(F)(F)F)c[nH+]2)CC1. The van der Waals surface area contributed by atoms with Gasteiger partial charge in [0.25, 0.3) is 11.7 Å². The molecule has 0 saturated carbocycles. The minimum atomic E-state index is -4.41. The van der Waals surface area contributed by atoms with Crippen LogP contribution < -0.4 is 20.5 Å². The maximum absolute atomic E-state index is 12.6. The van der Waals surface area contributed by atoms with E-state index >= 15 is 0 Å². The van der Waals surface area contributed by atoms with Gasteiger partial charge in [0.1, 0.15) is 6.20 Å². The van der Waals surface area contributed by atoms with Crippen molar-refractivity contribution in [3.8, 4) is 0 Å². The van der Waals surface area contributed by atoms with Crippen molar-refractivity contribution in [3.63, 3.8) is 0 Å². The van der Waals surface area contributed by atoms with Gasteiger partial charge in [-0.2, -0.15) is 13.2 Å². The Balaban J connectivity index is 1.76. The highest BCUT2D eigenvalue weighted by Gasteiger charge is 2.34. The predicted molar refractivity (Wildman–Crippen MR) is 95.7 cm³/mol. The summed E-state index contributed by atoms with van der Waals surface area (Å²) in [6.45, 7) is 3.81. The standard InChI is InChI=1S/C18H23F3N4O4/c1-11(2)23-17(28)24-15(26)10-29-16(27)12-5-7-25(8-6-12)14-4-3-13(9-22-14)18(19,20)21/h3-4,9,11-12H,5-8,10H2,1-2H3,(H2,23,24,26,28)/p+1. The molecule has 0 unspecified atom stereocenters. The zero-order chi connectivity index (χ0) is 21.6. The average molecular weight is 417 g/mol. The number of anilines is 1. The topological polar surface area (TPSA) is 102 Å². The van der Waals surface area contributed by atoms with Gasteiger partial charge in [-0.05, 0) is 32.8 Å². The van der Waals surface area contributed by atoms with E-state index in [4.69, 9.17) is 4.74 Å². The van der Waals surface area contributed by atoms with Crippen LogP contribution in [0.2, 0.25) is 0 Å². The highest BCUT2D eigenvalue weighted by atomic mass is 19.4. The number of nitrogens with zero attached hydrogens (tertiary/aromatic N) is 1. The number of esters is 1. The number of rotatable bonds is 5. The summed E-state index contributed by atoms with van der Waals surface area (Å²) in [4.78, 5) is 39.6. The molecular weight excluding hydrogens is 393 g/mol. The number of ether oxygens (including phenoxy) is 1. The van der Waals surface area contributed by atoms with Crippen LogP contribution in [0.15, 0.2) is 18.3 Å². The smallest absolute Gasteiger partial charge is 0.419 e. The van der Waals surface area contributed by atoms with Crippen LogP contribution in [0, 0.1) is 5.92 Å². The number of carbonyl (C=O) groups is 3. The Morgan fingerprint density at radius 3 is 2.41 bits per heavy atom. The second-order valence-electron chi connectivity index (χ2n) is 7.01. The number of halogens is 3. The van der Waals surface area contributed by atoms with E-state index in [0.717, 1.165) is 12.3 Å². The molecule has 0 atom stereocenters. The van der Waals surface area contributed by atoms with Gasteiger partial charge in [0, 0.05) is 12.1 Å². The Hall–Kier alpha value is -2.85. The molecule has 11 heteroatoms. The first-order chi connectivity index (χ1) is 13.6. The van der Waals surface area contributed by atoms with Gasteiger partial charge in [-0.15, -0.1) is 0 Å². The summed E-state index contributed by atoms with van der Waals surface area (Å²) < 4.78 is 42.8. The Labute approximate surface area is 165 Å². The van der Waals surface area contributed by atoms with E-state index in [0.29, 0.717) is 31.7 Å². The zero-order valence-corrected chi connectivity index (χ0v) is 16.1. The number of urea groups is 1. The number of piperidine rings is 1. The van der Waals surface area contributed by atoms with Gasteiger partial charge in [0.05, 0.1) is 24.6 Å². The van der Waals surface area contributed by atoms with Gasteiger partial charge < -0.3 is 10.1 Å². The third-order valence-corrected chi connectivity index (χ3v) is 4.31. The normalized spacial score (nSPS) is 15.2. The van der Waals surface area contributed by atoms with Crippen LogP contribution in [-0.4, -0.2) is 43.6 Å². The number of pyridine rings is 1. The summed E-state index contributed by atoms with van der Waals surface area (Å²) in [6, 6.07) is 1.55. The number of nitrogens with one attached hydrogen (secondary N) is 3. The van der Waals surface area contributed by atoms with E-state index in [2.05, 4.69) is 15.6 Å². The second-order valence-corrected chi connectivity index (χ2v) is 7.01. The lowest BCUT2D eigenvalue weighted by Crippen LogP contribution is -2.44. The zero-order valence-electron chi connectivity index (χ0n) is 16.1. The molecule has 2 rings (SSSR count). The lowest BCUT2D eigenvalue weighted by molar-refractivity contribution is -0.367. The number of alkyl halides is 3. The minimum Gasteiger partial charge on any atom is -0.455 e. The van der Waals surface area contributed by atoms with Gasteiger partial charge >= 0.3 is 18.2 Å². The average Bonchev–Trinajstić information content (AvgIpc) is 2.65. The summed E-state index contributed by atoms with van der Waals surface area (Å²) in [6.07, 6.45) is -2.64. The van der Waals surface area contributed by atoms with E-state index in [9.17, 15) is 27.6 Å². The fourth-order valence-corrected chi connectivity index (χ4v) is 2.86. The number of hydrogen-bond acceptors (Lipinski definition) is 5. The molecule has 3 N–H and O–H groups in total. The number of imide groups is 1. The third-order valence-electron chi connectivity index (χ3n) is 4.31. The summed E-state index contributed by atoms with van der Waals surface area (Å²) in [5.74, 6) is -1.16. The first-order valence-electron chi connectivity index (χ1n) is 9.17.